The van der Waals surface area contributed by atoms with Crippen molar-refractivity contribution in [3.05, 3.63) is 29.3 Å². The lowest BCUT2D eigenvalue weighted by Gasteiger charge is -2.10. The Labute approximate surface area is 131 Å². The molecular weight excluding hydrogens is 286 g/mol. The van der Waals surface area contributed by atoms with E-state index in [0.717, 1.165) is 34.8 Å². The summed E-state index contributed by atoms with van der Waals surface area (Å²) in [6, 6.07) is 6.06. The molecule has 1 aromatic carbocycles. The van der Waals surface area contributed by atoms with Crippen LogP contribution in [0.25, 0.3) is 0 Å². The van der Waals surface area contributed by atoms with Crippen molar-refractivity contribution in [2.45, 2.75) is 26.7 Å². The van der Waals surface area contributed by atoms with Crippen LogP contribution >= 0.6 is 11.8 Å². The molecule has 2 N–H and O–H groups in total. The summed E-state index contributed by atoms with van der Waals surface area (Å²) in [7, 11) is 0. The first-order valence-electron chi connectivity index (χ1n) is 7.29. The van der Waals surface area contributed by atoms with E-state index in [1.807, 2.05) is 32.0 Å². The minimum Gasteiger partial charge on any atom is -0.493 e. The summed E-state index contributed by atoms with van der Waals surface area (Å²) in [4.78, 5) is 11.6. The number of carbonyl (C=O) groups excluding carboxylic acids is 1. The molecule has 0 aliphatic rings. The van der Waals surface area contributed by atoms with Crippen molar-refractivity contribution >= 4 is 17.7 Å². The lowest BCUT2D eigenvalue weighted by Crippen LogP contribution is -2.27. The molecule has 1 aromatic rings. The summed E-state index contributed by atoms with van der Waals surface area (Å²) in [5, 5.41) is 11.5. The minimum absolute atomic E-state index is 0.0167. The van der Waals surface area contributed by atoms with Gasteiger partial charge in [-0.2, -0.15) is 11.8 Å². The van der Waals surface area contributed by atoms with Crippen molar-refractivity contribution in [2.24, 2.45) is 0 Å². The third-order valence-corrected chi connectivity index (χ3v) is 4.02. The Hall–Kier alpha value is -1.20. The quantitative estimate of drug-likeness (QED) is 0.651. The first-order chi connectivity index (χ1) is 10.1. The van der Waals surface area contributed by atoms with Crippen LogP contribution in [0.15, 0.2) is 18.2 Å². The first-order valence-corrected chi connectivity index (χ1v) is 8.44. The van der Waals surface area contributed by atoms with Crippen LogP contribution in [0.4, 0.5) is 0 Å². The highest BCUT2D eigenvalue weighted by molar-refractivity contribution is 7.99. The molecule has 0 saturated carbocycles. The lowest BCUT2D eigenvalue weighted by molar-refractivity contribution is -0.121. The van der Waals surface area contributed by atoms with Gasteiger partial charge < -0.3 is 15.2 Å². The van der Waals surface area contributed by atoms with Crippen molar-refractivity contribution in [1.29, 1.82) is 0 Å². The molecule has 5 heteroatoms. The second-order valence-corrected chi connectivity index (χ2v) is 6.13. The molecule has 0 aliphatic carbocycles. The molecule has 0 bridgehead atoms. The number of benzene rings is 1. The topological polar surface area (TPSA) is 58.6 Å². The predicted molar refractivity (Wildman–Crippen MR) is 88.1 cm³/mol. The predicted octanol–water partition coefficient (Wildman–Crippen LogP) is 2.30. The SMILES string of the molecule is Cc1ccc(C)c(OCCC(=O)NCCSCCCO)c1. The highest BCUT2D eigenvalue weighted by Gasteiger charge is 2.03. The number of rotatable bonds is 10. The minimum atomic E-state index is 0.0167. The van der Waals surface area contributed by atoms with Gasteiger partial charge in [0.25, 0.3) is 0 Å². The molecule has 0 unspecified atom stereocenters. The third-order valence-electron chi connectivity index (χ3n) is 2.95. The van der Waals surface area contributed by atoms with Crippen LogP contribution in [0, 0.1) is 13.8 Å². The molecule has 0 saturated heterocycles. The molecule has 21 heavy (non-hydrogen) atoms. The number of amides is 1. The molecule has 0 fully saturated rings. The van der Waals surface area contributed by atoms with Crippen LogP contribution in [0.1, 0.15) is 24.0 Å². The fraction of sp³-hybridized carbons (Fsp3) is 0.562. The van der Waals surface area contributed by atoms with Gasteiger partial charge in [0, 0.05) is 18.9 Å². The first kappa shape index (κ1) is 17.9. The van der Waals surface area contributed by atoms with Gasteiger partial charge >= 0.3 is 0 Å². The molecular formula is C16H25NO3S. The van der Waals surface area contributed by atoms with Gasteiger partial charge in [-0.05, 0) is 43.2 Å². The smallest absolute Gasteiger partial charge is 0.223 e. The molecule has 0 heterocycles. The zero-order valence-corrected chi connectivity index (χ0v) is 13.7. The molecule has 1 amide bonds. The maximum Gasteiger partial charge on any atom is 0.223 e. The van der Waals surface area contributed by atoms with Gasteiger partial charge in [-0.3, -0.25) is 4.79 Å². The van der Waals surface area contributed by atoms with Crippen LogP contribution in [0.2, 0.25) is 0 Å². The summed E-state index contributed by atoms with van der Waals surface area (Å²) in [6.45, 7) is 5.31. The van der Waals surface area contributed by atoms with Gasteiger partial charge in [0.05, 0.1) is 13.0 Å². The van der Waals surface area contributed by atoms with E-state index in [1.165, 1.54) is 0 Å². The van der Waals surface area contributed by atoms with E-state index in [4.69, 9.17) is 9.84 Å². The number of nitrogens with one attached hydrogen (secondary N) is 1. The molecule has 0 aromatic heterocycles. The van der Waals surface area contributed by atoms with Crippen LogP contribution in [-0.2, 0) is 4.79 Å². The normalized spacial score (nSPS) is 10.4. The van der Waals surface area contributed by atoms with E-state index in [0.29, 0.717) is 19.6 Å². The Balaban J connectivity index is 2.12. The number of thioether (sulfide) groups is 1. The highest BCUT2D eigenvalue weighted by atomic mass is 32.2. The maximum atomic E-state index is 11.6. The van der Waals surface area contributed by atoms with Crippen LogP contribution in [-0.4, -0.2) is 42.3 Å². The molecule has 118 valence electrons. The number of carbonyl (C=O) groups is 1. The van der Waals surface area contributed by atoms with Crippen LogP contribution in [0.3, 0.4) is 0 Å². The largest absolute Gasteiger partial charge is 0.493 e. The van der Waals surface area contributed by atoms with E-state index >= 15 is 0 Å². The molecule has 0 atom stereocenters. The maximum absolute atomic E-state index is 11.6. The van der Waals surface area contributed by atoms with Crippen LogP contribution in [0.5, 0.6) is 5.75 Å². The fourth-order valence-electron chi connectivity index (χ4n) is 1.74. The monoisotopic (exact) mass is 311 g/mol. The van der Waals surface area contributed by atoms with E-state index in [9.17, 15) is 4.79 Å². The number of aryl methyl sites for hydroxylation is 2. The van der Waals surface area contributed by atoms with E-state index < -0.39 is 0 Å². The van der Waals surface area contributed by atoms with Crippen molar-refractivity contribution in [1.82, 2.24) is 5.32 Å². The molecule has 1 rings (SSSR count). The van der Waals surface area contributed by atoms with Gasteiger partial charge in [-0.15, -0.1) is 0 Å². The van der Waals surface area contributed by atoms with E-state index in [2.05, 4.69) is 5.32 Å². The van der Waals surface area contributed by atoms with Gasteiger partial charge in [0.15, 0.2) is 0 Å². The Bertz CT molecular complexity index is 438. The number of aliphatic hydroxyl groups is 1. The zero-order chi connectivity index (χ0) is 15.5. The summed E-state index contributed by atoms with van der Waals surface area (Å²) in [5.41, 5.74) is 2.24. The van der Waals surface area contributed by atoms with E-state index in [-0.39, 0.29) is 12.5 Å². The van der Waals surface area contributed by atoms with Crippen molar-refractivity contribution < 1.29 is 14.6 Å². The van der Waals surface area contributed by atoms with Crippen LogP contribution < -0.4 is 10.1 Å². The second kappa shape index (κ2) is 10.5. The molecule has 4 nitrogen and oxygen atoms in total. The summed E-state index contributed by atoms with van der Waals surface area (Å²) >= 11 is 1.74. The highest BCUT2D eigenvalue weighted by Crippen LogP contribution is 2.19. The molecule has 0 aliphatic heterocycles. The lowest BCUT2D eigenvalue weighted by atomic mass is 10.1. The van der Waals surface area contributed by atoms with Crippen molar-refractivity contribution in [3.63, 3.8) is 0 Å². The zero-order valence-electron chi connectivity index (χ0n) is 12.9. The Morgan fingerprint density at radius 1 is 1.33 bits per heavy atom. The second-order valence-electron chi connectivity index (χ2n) is 4.91. The Morgan fingerprint density at radius 2 is 2.14 bits per heavy atom. The number of ether oxygens (including phenoxy) is 1. The summed E-state index contributed by atoms with van der Waals surface area (Å²) < 4.78 is 5.65. The standard InChI is InChI=1S/C16H25NO3S/c1-13-4-5-14(2)15(12-13)20-9-6-16(19)17-7-11-21-10-3-8-18/h4-5,12,18H,3,6-11H2,1-2H3,(H,17,19). The summed E-state index contributed by atoms with van der Waals surface area (Å²) in [6.07, 6.45) is 1.18. The van der Waals surface area contributed by atoms with Gasteiger partial charge in [0.2, 0.25) is 5.91 Å². The average molecular weight is 311 g/mol. The van der Waals surface area contributed by atoms with Crippen molar-refractivity contribution in [2.75, 3.05) is 31.3 Å². The number of hydrogen-bond donors (Lipinski definition) is 2. The summed E-state index contributed by atoms with van der Waals surface area (Å²) in [5.74, 6) is 2.68. The Kier molecular flexibility index (Phi) is 8.94. The molecule has 0 radical (unpaired) electrons. The number of aliphatic hydroxyl groups excluding tert-OH is 1. The van der Waals surface area contributed by atoms with Gasteiger partial charge in [-0.1, -0.05) is 12.1 Å². The third kappa shape index (κ3) is 7.97. The van der Waals surface area contributed by atoms with Crippen molar-refractivity contribution in [3.8, 4) is 5.75 Å². The van der Waals surface area contributed by atoms with E-state index in [1.54, 1.807) is 11.8 Å². The fourth-order valence-corrected chi connectivity index (χ4v) is 2.52. The van der Waals surface area contributed by atoms with Gasteiger partial charge in [-0.25, -0.2) is 0 Å². The van der Waals surface area contributed by atoms with Gasteiger partial charge in [0.1, 0.15) is 5.75 Å². The number of hydrogen-bond acceptors (Lipinski definition) is 4. The molecule has 0 spiro atoms. The average Bonchev–Trinajstić information content (AvgIpc) is 2.46. The Morgan fingerprint density at radius 3 is 2.90 bits per heavy atom.